The molecule has 0 aromatic heterocycles. The maximum absolute atomic E-state index is 12.1. The molecule has 2 amide bonds. The van der Waals surface area contributed by atoms with E-state index in [1.807, 2.05) is 38.2 Å². The van der Waals surface area contributed by atoms with Crippen LogP contribution in [0.15, 0.2) is 166 Å². The average molecular weight is 783 g/mol. The fourth-order valence-electron chi connectivity index (χ4n) is 7.22. The van der Waals surface area contributed by atoms with Gasteiger partial charge in [0.25, 0.3) is 0 Å². The largest absolute Gasteiger partial charge is 0.508 e. The lowest BCUT2D eigenvalue weighted by Gasteiger charge is -2.33. The Bertz CT molecular complexity index is 1910. The SMILES string of the molecule is CC1=C(/C=C/C(C)=C/C=C/C(C)=C/C(=O)Nc2ccc(O)cc2)C(C)(C)CCC1.CC1=C(/C=C/C(C)=C/C=C/C(C)=C/C(=O)Nc2ccc(O)cc2)C(C)(C)CCC1. The molecule has 0 aliphatic heterocycles. The van der Waals surface area contributed by atoms with E-state index in [4.69, 9.17) is 0 Å². The number of aromatic hydroxyl groups is 2. The number of hydrogen-bond donors (Lipinski definition) is 4. The normalized spacial score (nSPS) is 18.0. The predicted molar refractivity (Wildman–Crippen MR) is 246 cm³/mol. The Morgan fingerprint density at radius 3 is 1.22 bits per heavy atom. The molecule has 6 heteroatoms. The quantitative estimate of drug-likeness (QED) is 0.0979. The summed E-state index contributed by atoms with van der Waals surface area (Å²) in [6.45, 7) is 21.8. The summed E-state index contributed by atoms with van der Waals surface area (Å²) in [5.41, 5.74) is 11.8. The third-order valence-corrected chi connectivity index (χ3v) is 10.5. The number of carbonyl (C=O) groups is 2. The Kier molecular flexibility index (Phi) is 18.0. The summed E-state index contributed by atoms with van der Waals surface area (Å²) in [4.78, 5) is 24.1. The molecule has 0 heterocycles. The van der Waals surface area contributed by atoms with E-state index in [0.29, 0.717) is 11.4 Å². The van der Waals surface area contributed by atoms with E-state index >= 15 is 0 Å². The molecular formula is C52H66N2O4. The summed E-state index contributed by atoms with van der Waals surface area (Å²) < 4.78 is 0. The van der Waals surface area contributed by atoms with Gasteiger partial charge in [0.2, 0.25) is 11.8 Å². The van der Waals surface area contributed by atoms with E-state index in [1.54, 1.807) is 60.7 Å². The van der Waals surface area contributed by atoms with Crippen molar-refractivity contribution in [3.63, 3.8) is 0 Å². The van der Waals surface area contributed by atoms with Gasteiger partial charge < -0.3 is 20.8 Å². The van der Waals surface area contributed by atoms with Gasteiger partial charge in [-0.1, -0.05) is 111 Å². The third-order valence-electron chi connectivity index (χ3n) is 10.5. The Morgan fingerprint density at radius 2 is 0.897 bits per heavy atom. The average Bonchev–Trinajstić information content (AvgIpc) is 3.13. The molecule has 2 aliphatic carbocycles. The monoisotopic (exact) mass is 783 g/mol. The molecule has 4 N–H and O–H groups in total. The summed E-state index contributed by atoms with van der Waals surface area (Å²) in [6, 6.07) is 12.8. The molecule has 308 valence electrons. The van der Waals surface area contributed by atoms with Crippen LogP contribution in [0.4, 0.5) is 11.4 Å². The molecular weight excluding hydrogens is 717 g/mol. The Balaban J connectivity index is 0.000000310. The fraction of sp³-hybridized carbons (Fsp3) is 0.346. The second kappa shape index (κ2) is 22.4. The van der Waals surface area contributed by atoms with E-state index < -0.39 is 0 Å². The maximum atomic E-state index is 12.1. The maximum Gasteiger partial charge on any atom is 0.248 e. The summed E-state index contributed by atoms with van der Waals surface area (Å²) >= 11 is 0. The zero-order valence-corrected chi connectivity index (χ0v) is 36.5. The van der Waals surface area contributed by atoms with Gasteiger partial charge in [-0.3, -0.25) is 9.59 Å². The lowest BCUT2D eigenvalue weighted by molar-refractivity contribution is -0.112. The van der Waals surface area contributed by atoms with Gasteiger partial charge in [0.1, 0.15) is 11.5 Å². The highest BCUT2D eigenvalue weighted by Crippen LogP contribution is 2.41. The number of benzene rings is 2. The van der Waals surface area contributed by atoms with Crippen LogP contribution in [0.1, 0.15) is 108 Å². The van der Waals surface area contributed by atoms with Crippen molar-refractivity contribution < 1.29 is 19.8 Å². The number of phenols is 2. The minimum atomic E-state index is -0.194. The molecule has 58 heavy (non-hydrogen) atoms. The zero-order valence-electron chi connectivity index (χ0n) is 36.5. The summed E-state index contributed by atoms with van der Waals surface area (Å²) in [7, 11) is 0. The van der Waals surface area contributed by atoms with Crippen LogP contribution in [-0.4, -0.2) is 22.0 Å². The third kappa shape index (κ3) is 16.5. The molecule has 6 nitrogen and oxygen atoms in total. The lowest BCUT2D eigenvalue weighted by Crippen LogP contribution is -2.19. The Labute approximate surface area is 348 Å². The standard InChI is InChI=1S/2C26H33NO2/c2*1-19(11-16-24-21(3)10-7-17-26(24,4)5)8-6-9-20(2)18-25(29)27-22-12-14-23(28)15-13-22/h2*6,8-9,11-16,18,28H,7,10,17H2,1-5H3,(H,27,29)/b2*9-6+,16-11+,19-8+,20-18+. The van der Waals surface area contributed by atoms with Crippen molar-refractivity contribution in [1.82, 2.24) is 0 Å². The van der Waals surface area contributed by atoms with Crippen LogP contribution < -0.4 is 10.6 Å². The van der Waals surface area contributed by atoms with Crippen LogP contribution in [0.2, 0.25) is 0 Å². The van der Waals surface area contributed by atoms with Gasteiger partial charge in [-0.05, 0) is 162 Å². The number of anilines is 2. The topological polar surface area (TPSA) is 98.7 Å². The van der Waals surface area contributed by atoms with E-state index in [2.05, 4.69) is 102 Å². The Hall–Kier alpha value is -5.62. The second-order valence-electron chi connectivity index (χ2n) is 16.9. The van der Waals surface area contributed by atoms with Gasteiger partial charge >= 0.3 is 0 Å². The summed E-state index contributed by atoms with van der Waals surface area (Å²) in [6.07, 6.45) is 31.3. The van der Waals surface area contributed by atoms with E-state index in [9.17, 15) is 19.8 Å². The molecule has 2 aliphatic rings. The van der Waals surface area contributed by atoms with Crippen molar-refractivity contribution in [2.45, 2.75) is 108 Å². The molecule has 2 aromatic carbocycles. The number of nitrogens with one attached hydrogen (secondary N) is 2. The highest BCUT2D eigenvalue weighted by Gasteiger charge is 2.27. The van der Waals surface area contributed by atoms with Crippen molar-refractivity contribution in [2.75, 3.05) is 10.6 Å². The first-order valence-corrected chi connectivity index (χ1v) is 20.4. The number of carbonyl (C=O) groups excluding carboxylic acids is 2. The van der Waals surface area contributed by atoms with Gasteiger partial charge in [0.05, 0.1) is 0 Å². The molecule has 0 bridgehead atoms. The molecule has 0 saturated carbocycles. The lowest BCUT2D eigenvalue weighted by atomic mass is 9.72. The second-order valence-corrected chi connectivity index (χ2v) is 16.9. The zero-order chi connectivity index (χ0) is 42.9. The highest BCUT2D eigenvalue weighted by molar-refractivity contribution is 6.00. The first-order valence-electron chi connectivity index (χ1n) is 20.4. The number of phenolic OH excluding ortho intramolecular Hbond substituents is 2. The van der Waals surface area contributed by atoms with Crippen LogP contribution in [0, 0.1) is 10.8 Å². The van der Waals surface area contributed by atoms with Gasteiger partial charge in [-0.2, -0.15) is 0 Å². The predicted octanol–water partition coefficient (Wildman–Crippen LogP) is 13.7. The van der Waals surface area contributed by atoms with Gasteiger partial charge in [0, 0.05) is 23.5 Å². The van der Waals surface area contributed by atoms with Crippen molar-refractivity contribution >= 4 is 23.2 Å². The fourth-order valence-corrected chi connectivity index (χ4v) is 7.22. The molecule has 0 radical (unpaired) electrons. The van der Waals surface area contributed by atoms with Crippen molar-refractivity contribution in [2.24, 2.45) is 10.8 Å². The van der Waals surface area contributed by atoms with Crippen LogP contribution in [0.3, 0.4) is 0 Å². The van der Waals surface area contributed by atoms with Crippen LogP contribution in [0.5, 0.6) is 11.5 Å². The van der Waals surface area contributed by atoms with Crippen molar-refractivity contribution in [1.29, 1.82) is 0 Å². The molecule has 0 saturated heterocycles. The molecule has 0 fully saturated rings. The molecule has 0 atom stereocenters. The molecule has 2 aromatic rings. The van der Waals surface area contributed by atoms with Crippen molar-refractivity contribution in [3.8, 4) is 11.5 Å². The summed E-state index contributed by atoms with van der Waals surface area (Å²) in [5.74, 6) is -0.0412. The summed E-state index contributed by atoms with van der Waals surface area (Å²) in [5, 5.41) is 24.1. The molecule has 0 unspecified atom stereocenters. The first-order chi connectivity index (χ1) is 27.3. The number of rotatable bonds is 12. The molecule has 4 rings (SSSR count). The minimum Gasteiger partial charge on any atom is -0.508 e. The van der Waals surface area contributed by atoms with Gasteiger partial charge in [-0.25, -0.2) is 0 Å². The molecule has 0 spiro atoms. The Morgan fingerprint density at radius 1 is 0.552 bits per heavy atom. The number of hydrogen-bond acceptors (Lipinski definition) is 4. The van der Waals surface area contributed by atoms with Crippen molar-refractivity contribution in [3.05, 3.63) is 166 Å². The first kappa shape index (κ1) is 46.8. The van der Waals surface area contributed by atoms with Crippen LogP contribution in [0.25, 0.3) is 0 Å². The number of amides is 2. The van der Waals surface area contributed by atoms with Crippen LogP contribution in [-0.2, 0) is 9.59 Å². The number of allylic oxidation sites excluding steroid dienone is 18. The van der Waals surface area contributed by atoms with E-state index in [0.717, 1.165) is 11.1 Å². The van der Waals surface area contributed by atoms with E-state index in [-0.39, 0.29) is 34.1 Å². The smallest absolute Gasteiger partial charge is 0.248 e. The van der Waals surface area contributed by atoms with Crippen LogP contribution >= 0.6 is 0 Å². The van der Waals surface area contributed by atoms with E-state index in [1.165, 1.54) is 72.0 Å². The minimum absolute atomic E-state index is 0.173. The van der Waals surface area contributed by atoms with Gasteiger partial charge in [-0.15, -0.1) is 0 Å². The van der Waals surface area contributed by atoms with Gasteiger partial charge in [0.15, 0.2) is 0 Å². The highest BCUT2D eigenvalue weighted by atomic mass is 16.3.